The highest BCUT2D eigenvalue weighted by atomic mass is 19.1. The molecule has 4 nitrogen and oxygen atoms in total. The molecule has 0 unspecified atom stereocenters. The van der Waals surface area contributed by atoms with Crippen molar-refractivity contribution in [3.63, 3.8) is 0 Å². The second-order valence-electron chi connectivity index (χ2n) is 7.48. The first kappa shape index (κ1) is 16.3. The van der Waals surface area contributed by atoms with Crippen molar-refractivity contribution >= 4 is 23.6 Å². The van der Waals surface area contributed by atoms with Gasteiger partial charge < -0.3 is 14.3 Å². The zero-order chi connectivity index (χ0) is 17.8. The van der Waals surface area contributed by atoms with Gasteiger partial charge >= 0.3 is 7.12 Å². The highest BCUT2D eigenvalue weighted by Gasteiger charge is 2.51. The van der Waals surface area contributed by atoms with E-state index in [4.69, 9.17) is 9.31 Å². The van der Waals surface area contributed by atoms with E-state index in [-0.39, 0.29) is 17.0 Å². The number of hydrogen-bond donors (Lipinski definition) is 1. The molecule has 6 heteroatoms. The van der Waals surface area contributed by atoms with Crippen LogP contribution >= 0.6 is 0 Å². The quantitative estimate of drug-likeness (QED) is 0.726. The Morgan fingerprint density at radius 1 is 1.00 bits per heavy atom. The summed E-state index contributed by atoms with van der Waals surface area (Å²) in [7, 11) is -0.439. The van der Waals surface area contributed by atoms with Crippen molar-refractivity contribution in [2.45, 2.75) is 38.9 Å². The molecule has 1 N–H and O–H groups in total. The summed E-state index contributed by atoms with van der Waals surface area (Å²) in [5.74, 6) is -0.249. The Hall–Kier alpha value is -2.18. The first-order valence-electron chi connectivity index (χ1n) is 8.35. The number of H-pyrrole nitrogens is 1. The number of pyridine rings is 1. The van der Waals surface area contributed by atoms with Gasteiger partial charge in [0.05, 0.1) is 11.2 Å². The molecule has 4 rings (SSSR count). The van der Waals surface area contributed by atoms with Crippen LogP contribution in [0.1, 0.15) is 27.7 Å². The molecule has 2 aromatic heterocycles. The molecule has 0 atom stereocenters. The Balaban J connectivity index is 1.68. The molecule has 3 aromatic rings. The van der Waals surface area contributed by atoms with E-state index in [1.807, 2.05) is 39.8 Å². The average Bonchev–Trinajstić information content (AvgIpc) is 3.05. The maximum atomic E-state index is 13.1. The van der Waals surface area contributed by atoms with E-state index in [1.54, 1.807) is 18.3 Å². The van der Waals surface area contributed by atoms with Gasteiger partial charge in [-0.1, -0.05) is 0 Å². The van der Waals surface area contributed by atoms with Crippen LogP contribution in [0.5, 0.6) is 0 Å². The van der Waals surface area contributed by atoms with Gasteiger partial charge in [0.1, 0.15) is 11.5 Å². The van der Waals surface area contributed by atoms with Crippen LogP contribution in [0.25, 0.3) is 22.3 Å². The lowest BCUT2D eigenvalue weighted by atomic mass is 9.80. The minimum absolute atomic E-state index is 0.249. The lowest BCUT2D eigenvalue weighted by molar-refractivity contribution is 0.00578. The minimum Gasteiger partial charge on any atom is -0.399 e. The summed E-state index contributed by atoms with van der Waals surface area (Å²) in [4.78, 5) is 7.76. The van der Waals surface area contributed by atoms with E-state index >= 15 is 0 Å². The van der Waals surface area contributed by atoms with Crippen LogP contribution in [-0.2, 0) is 9.31 Å². The van der Waals surface area contributed by atoms with Gasteiger partial charge in [0.15, 0.2) is 0 Å². The molecule has 0 spiro atoms. The molecule has 0 bridgehead atoms. The Labute approximate surface area is 146 Å². The first-order chi connectivity index (χ1) is 11.7. The monoisotopic (exact) mass is 338 g/mol. The van der Waals surface area contributed by atoms with E-state index < -0.39 is 7.12 Å². The smallest absolute Gasteiger partial charge is 0.399 e. The van der Waals surface area contributed by atoms with Gasteiger partial charge in [-0.25, -0.2) is 9.37 Å². The van der Waals surface area contributed by atoms with Crippen LogP contribution in [-0.4, -0.2) is 28.3 Å². The first-order valence-corrected chi connectivity index (χ1v) is 8.35. The summed E-state index contributed by atoms with van der Waals surface area (Å²) in [5, 5.41) is 0.964. The predicted octanol–water partition coefficient (Wildman–Crippen LogP) is 3.67. The van der Waals surface area contributed by atoms with Crippen molar-refractivity contribution in [3.8, 4) is 11.3 Å². The average molecular weight is 338 g/mol. The molecular formula is C19H20BFN2O2. The van der Waals surface area contributed by atoms with E-state index in [0.717, 1.165) is 27.8 Å². The largest absolute Gasteiger partial charge is 0.496 e. The molecule has 3 heterocycles. The van der Waals surface area contributed by atoms with Crippen LogP contribution in [0.15, 0.2) is 42.6 Å². The molecule has 1 saturated heterocycles. The topological polar surface area (TPSA) is 47.1 Å². The van der Waals surface area contributed by atoms with Crippen molar-refractivity contribution < 1.29 is 13.7 Å². The van der Waals surface area contributed by atoms with Gasteiger partial charge in [-0.2, -0.15) is 0 Å². The molecule has 0 amide bonds. The standard InChI is InChI=1S/C19H20BFN2O2/c1-18(2)19(3,4)25-20(24-18)14-9-13-10-16(23-17(13)22-11-14)12-5-7-15(21)8-6-12/h5-11H,1-4H3,(H,22,23). The molecule has 25 heavy (non-hydrogen) atoms. The van der Waals surface area contributed by atoms with E-state index in [9.17, 15) is 4.39 Å². The Morgan fingerprint density at radius 3 is 2.28 bits per heavy atom. The number of fused-ring (bicyclic) bond motifs is 1. The lowest BCUT2D eigenvalue weighted by Gasteiger charge is -2.32. The number of nitrogens with zero attached hydrogens (tertiary/aromatic N) is 1. The number of rotatable bonds is 2. The molecular weight excluding hydrogens is 318 g/mol. The fraction of sp³-hybridized carbons (Fsp3) is 0.316. The van der Waals surface area contributed by atoms with Crippen molar-refractivity contribution in [3.05, 3.63) is 48.4 Å². The third-order valence-corrected chi connectivity index (χ3v) is 5.17. The van der Waals surface area contributed by atoms with Gasteiger partial charge in [0, 0.05) is 22.7 Å². The summed E-state index contributed by atoms with van der Waals surface area (Å²) < 4.78 is 25.3. The van der Waals surface area contributed by atoms with Crippen molar-refractivity contribution in [2.24, 2.45) is 0 Å². The SMILES string of the molecule is CC1(C)OB(c2cnc3[nH]c(-c4ccc(F)cc4)cc3c2)OC1(C)C. The maximum absolute atomic E-state index is 13.1. The van der Waals surface area contributed by atoms with Crippen molar-refractivity contribution in [2.75, 3.05) is 0 Å². The summed E-state index contributed by atoms with van der Waals surface area (Å²) in [6.07, 6.45) is 1.77. The number of aromatic amines is 1. The Bertz CT molecular complexity index is 918. The number of aromatic nitrogens is 2. The third kappa shape index (κ3) is 2.75. The molecule has 0 aliphatic carbocycles. The van der Waals surface area contributed by atoms with Crippen LogP contribution in [0, 0.1) is 5.82 Å². The Kier molecular flexibility index (Phi) is 3.53. The summed E-state index contributed by atoms with van der Waals surface area (Å²) in [5.41, 5.74) is 2.70. The van der Waals surface area contributed by atoms with E-state index in [2.05, 4.69) is 9.97 Å². The van der Waals surface area contributed by atoms with Crippen LogP contribution < -0.4 is 5.46 Å². The maximum Gasteiger partial charge on any atom is 0.496 e. The zero-order valence-electron chi connectivity index (χ0n) is 14.8. The predicted molar refractivity (Wildman–Crippen MR) is 97.2 cm³/mol. The molecule has 128 valence electrons. The molecule has 0 saturated carbocycles. The number of hydrogen-bond acceptors (Lipinski definition) is 3. The fourth-order valence-corrected chi connectivity index (χ4v) is 2.93. The van der Waals surface area contributed by atoms with Crippen LogP contribution in [0.3, 0.4) is 0 Å². The van der Waals surface area contributed by atoms with Gasteiger partial charge in [-0.05, 0) is 69.7 Å². The van der Waals surface area contributed by atoms with Gasteiger partial charge in [0.25, 0.3) is 0 Å². The van der Waals surface area contributed by atoms with Crippen molar-refractivity contribution in [1.82, 2.24) is 9.97 Å². The fourth-order valence-electron chi connectivity index (χ4n) is 2.93. The molecule has 0 radical (unpaired) electrons. The Morgan fingerprint density at radius 2 is 1.64 bits per heavy atom. The van der Waals surface area contributed by atoms with Gasteiger partial charge in [0.2, 0.25) is 0 Å². The second-order valence-corrected chi connectivity index (χ2v) is 7.48. The molecule has 1 aliphatic rings. The lowest BCUT2D eigenvalue weighted by Crippen LogP contribution is -2.41. The van der Waals surface area contributed by atoms with Crippen molar-refractivity contribution in [1.29, 1.82) is 0 Å². The summed E-state index contributed by atoms with van der Waals surface area (Å²) >= 11 is 0. The normalized spacial score (nSPS) is 18.8. The third-order valence-electron chi connectivity index (χ3n) is 5.17. The highest BCUT2D eigenvalue weighted by molar-refractivity contribution is 6.62. The molecule has 1 fully saturated rings. The zero-order valence-corrected chi connectivity index (χ0v) is 14.8. The summed E-state index contributed by atoms with van der Waals surface area (Å²) in [6, 6.07) is 10.4. The number of halogens is 1. The minimum atomic E-state index is -0.439. The second kappa shape index (κ2) is 5.41. The number of nitrogens with one attached hydrogen (secondary N) is 1. The van der Waals surface area contributed by atoms with Gasteiger partial charge in [-0.3, -0.25) is 0 Å². The van der Waals surface area contributed by atoms with Crippen LogP contribution in [0.4, 0.5) is 4.39 Å². The van der Waals surface area contributed by atoms with E-state index in [0.29, 0.717) is 0 Å². The highest BCUT2D eigenvalue weighted by Crippen LogP contribution is 2.36. The molecule has 1 aromatic carbocycles. The van der Waals surface area contributed by atoms with Crippen LogP contribution in [0.2, 0.25) is 0 Å². The molecule has 1 aliphatic heterocycles. The number of benzene rings is 1. The van der Waals surface area contributed by atoms with E-state index in [1.165, 1.54) is 12.1 Å². The summed E-state index contributed by atoms with van der Waals surface area (Å²) in [6.45, 7) is 8.12. The van der Waals surface area contributed by atoms with Gasteiger partial charge in [-0.15, -0.1) is 0 Å².